The third kappa shape index (κ3) is 6.43. The quantitative estimate of drug-likeness (QED) is 0.372. The van der Waals surface area contributed by atoms with Gasteiger partial charge < -0.3 is 10.6 Å². The minimum absolute atomic E-state index is 0. The van der Waals surface area contributed by atoms with Gasteiger partial charge in [-0.3, -0.25) is 9.67 Å². The molecule has 150 valence electrons. The van der Waals surface area contributed by atoms with Crippen LogP contribution in [0.5, 0.6) is 0 Å². The predicted octanol–water partition coefficient (Wildman–Crippen LogP) is 3.97. The number of aromatic nitrogens is 2. The number of halogens is 1. The van der Waals surface area contributed by atoms with Gasteiger partial charge in [-0.25, -0.2) is 0 Å². The van der Waals surface area contributed by atoms with Crippen LogP contribution >= 0.6 is 24.0 Å². The van der Waals surface area contributed by atoms with Gasteiger partial charge in [0, 0.05) is 31.9 Å². The SMILES string of the molecule is CCNC(=NCCc1c(C)nn(C)c1C)NC1CCC(C(C)C)CC1.I. The van der Waals surface area contributed by atoms with E-state index >= 15 is 0 Å². The van der Waals surface area contributed by atoms with Crippen LogP contribution < -0.4 is 10.6 Å². The van der Waals surface area contributed by atoms with Gasteiger partial charge >= 0.3 is 0 Å². The molecule has 0 amide bonds. The summed E-state index contributed by atoms with van der Waals surface area (Å²) in [5.41, 5.74) is 3.71. The second-order valence-electron chi connectivity index (χ2n) is 7.78. The molecule has 26 heavy (non-hydrogen) atoms. The van der Waals surface area contributed by atoms with Crippen LogP contribution in [0.1, 0.15) is 63.4 Å². The zero-order chi connectivity index (χ0) is 18.4. The summed E-state index contributed by atoms with van der Waals surface area (Å²) in [5.74, 6) is 2.68. The lowest BCUT2D eigenvalue weighted by Gasteiger charge is -2.32. The van der Waals surface area contributed by atoms with Crippen LogP contribution in [0.4, 0.5) is 0 Å². The Morgan fingerprint density at radius 3 is 2.38 bits per heavy atom. The highest BCUT2D eigenvalue weighted by Crippen LogP contribution is 2.29. The molecule has 1 saturated carbocycles. The van der Waals surface area contributed by atoms with E-state index in [0.717, 1.165) is 43.0 Å². The van der Waals surface area contributed by atoms with Gasteiger partial charge in [-0.2, -0.15) is 5.10 Å². The van der Waals surface area contributed by atoms with Crippen LogP contribution in [-0.2, 0) is 13.5 Å². The molecule has 0 aromatic carbocycles. The molecule has 1 aromatic rings. The van der Waals surface area contributed by atoms with Crippen LogP contribution in [-0.4, -0.2) is 34.9 Å². The van der Waals surface area contributed by atoms with Crippen LogP contribution in [0.25, 0.3) is 0 Å². The minimum atomic E-state index is 0. The fraction of sp³-hybridized carbons (Fsp3) is 0.800. The van der Waals surface area contributed by atoms with E-state index in [0.29, 0.717) is 6.04 Å². The lowest BCUT2D eigenvalue weighted by Crippen LogP contribution is -2.45. The van der Waals surface area contributed by atoms with Crippen molar-refractivity contribution in [1.29, 1.82) is 0 Å². The molecule has 6 heteroatoms. The van der Waals surface area contributed by atoms with E-state index in [4.69, 9.17) is 4.99 Å². The van der Waals surface area contributed by atoms with Crippen molar-refractivity contribution in [3.05, 3.63) is 17.0 Å². The molecule has 1 aliphatic carbocycles. The standard InChI is InChI=1S/C20H37N5.HI/c1-7-21-20(23-18-10-8-17(9-11-18)14(2)3)22-13-12-19-15(4)24-25(6)16(19)5;/h14,17-18H,7-13H2,1-6H3,(H2,21,22,23);1H. The number of guanidine groups is 1. The van der Waals surface area contributed by atoms with Crippen molar-refractivity contribution >= 4 is 29.9 Å². The lowest BCUT2D eigenvalue weighted by molar-refractivity contribution is 0.250. The highest BCUT2D eigenvalue weighted by Gasteiger charge is 2.23. The molecular formula is C20H38IN5. The summed E-state index contributed by atoms with van der Waals surface area (Å²) in [6.07, 6.45) is 6.13. The van der Waals surface area contributed by atoms with Gasteiger partial charge in [0.2, 0.25) is 0 Å². The summed E-state index contributed by atoms with van der Waals surface area (Å²) in [4.78, 5) is 4.81. The molecule has 0 aliphatic heterocycles. The number of nitrogens with zero attached hydrogens (tertiary/aromatic N) is 3. The van der Waals surface area contributed by atoms with E-state index < -0.39 is 0 Å². The summed E-state index contributed by atoms with van der Waals surface area (Å²) in [7, 11) is 2.01. The number of hydrogen-bond acceptors (Lipinski definition) is 2. The van der Waals surface area contributed by atoms with E-state index in [1.165, 1.54) is 36.9 Å². The molecule has 0 saturated heterocycles. The smallest absolute Gasteiger partial charge is 0.191 e. The van der Waals surface area contributed by atoms with Crippen molar-refractivity contribution in [2.75, 3.05) is 13.1 Å². The molecule has 5 nitrogen and oxygen atoms in total. The molecule has 1 heterocycles. The second kappa shape index (κ2) is 11.1. The molecule has 2 rings (SSSR count). The van der Waals surface area contributed by atoms with Gasteiger partial charge in [0.25, 0.3) is 0 Å². The van der Waals surface area contributed by atoms with E-state index in [9.17, 15) is 0 Å². The fourth-order valence-electron chi connectivity index (χ4n) is 3.90. The average molecular weight is 475 g/mol. The van der Waals surface area contributed by atoms with Gasteiger partial charge in [-0.05, 0) is 70.3 Å². The van der Waals surface area contributed by atoms with Gasteiger partial charge in [-0.1, -0.05) is 13.8 Å². The molecule has 0 unspecified atom stereocenters. The average Bonchev–Trinajstić information content (AvgIpc) is 2.81. The Bertz CT molecular complexity index is 571. The van der Waals surface area contributed by atoms with Crippen molar-refractivity contribution in [2.24, 2.45) is 23.9 Å². The number of aryl methyl sites for hydroxylation is 2. The molecular weight excluding hydrogens is 437 g/mol. The maximum Gasteiger partial charge on any atom is 0.191 e. The topological polar surface area (TPSA) is 54.2 Å². The Morgan fingerprint density at radius 2 is 1.88 bits per heavy atom. The summed E-state index contributed by atoms with van der Waals surface area (Å²) in [5, 5.41) is 11.6. The Hall–Kier alpha value is -0.790. The van der Waals surface area contributed by atoms with Crippen molar-refractivity contribution in [3.8, 4) is 0 Å². The fourth-order valence-corrected chi connectivity index (χ4v) is 3.90. The highest BCUT2D eigenvalue weighted by molar-refractivity contribution is 14.0. The lowest BCUT2D eigenvalue weighted by atomic mass is 9.80. The largest absolute Gasteiger partial charge is 0.357 e. The molecule has 0 radical (unpaired) electrons. The first-order chi connectivity index (χ1) is 11.9. The van der Waals surface area contributed by atoms with Crippen LogP contribution in [0.15, 0.2) is 4.99 Å². The van der Waals surface area contributed by atoms with Crippen molar-refractivity contribution in [2.45, 2.75) is 72.8 Å². The zero-order valence-corrected chi connectivity index (χ0v) is 19.8. The van der Waals surface area contributed by atoms with Crippen LogP contribution in [0.3, 0.4) is 0 Å². The number of rotatable bonds is 6. The third-order valence-corrected chi connectivity index (χ3v) is 5.69. The van der Waals surface area contributed by atoms with E-state index in [1.54, 1.807) is 0 Å². The Balaban J connectivity index is 0.00000338. The van der Waals surface area contributed by atoms with Crippen molar-refractivity contribution < 1.29 is 0 Å². The Morgan fingerprint density at radius 1 is 1.23 bits per heavy atom. The second-order valence-corrected chi connectivity index (χ2v) is 7.78. The van der Waals surface area contributed by atoms with Crippen LogP contribution in [0.2, 0.25) is 0 Å². The molecule has 0 atom stereocenters. The monoisotopic (exact) mass is 475 g/mol. The van der Waals surface area contributed by atoms with E-state index in [-0.39, 0.29) is 24.0 Å². The highest BCUT2D eigenvalue weighted by atomic mass is 127. The first-order valence-electron chi connectivity index (χ1n) is 9.96. The van der Waals surface area contributed by atoms with Crippen LogP contribution in [0, 0.1) is 25.7 Å². The van der Waals surface area contributed by atoms with E-state index in [1.807, 2.05) is 11.7 Å². The Labute approximate surface area is 176 Å². The molecule has 2 N–H and O–H groups in total. The Kier molecular flexibility index (Phi) is 9.97. The number of aliphatic imine (C=N–C) groups is 1. The van der Waals surface area contributed by atoms with Crippen molar-refractivity contribution in [3.63, 3.8) is 0 Å². The van der Waals surface area contributed by atoms with E-state index in [2.05, 4.69) is 50.4 Å². The minimum Gasteiger partial charge on any atom is -0.357 e. The predicted molar refractivity (Wildman–Crippen MR) is 121 cm³/mol. The molecule has 1 fully saturated rings. The van der Waals surface area contributed by atoms with Crippen molar-refractivity contribution in [1.82, 2.24) is 20.4 Å². The zero-order valence-electron chi connectivity index (χ0n) is 17.4. The van der Waals surface area contributed by atoms with Gasteiger partial charge in [-0.15, -0.1) is 24.0 Å². The summed E-state index contributed by atoms with van der Waals surface area (Å²) >= 11 is 0. The summed E-state index contributed by atoms with van der Waals surface area (Å²) in [6, 6.07) is 0.565. The normalized spacial score (nSPS) is 20.8. The molecule has 1 aliphatic rings. The molecule has 0 bridgehead atoms. The van der Waals surface area contributed by atoms with Gasteiger partial charge in [0.05, 0.1) is 5.69 Å². The number of hydrogen-bond donors (Lipinski definition) is 2. The molecule has 1 aromatic heterocycles. The first kappa shape index (κ1) is 23.2. The van der Waals surface area contributed by atoms with Gasteiger partial charge in [0.15, 0.2) is 5.96 Å². The maximum absolute atomic E-state index is 4.81. The maximum atomic E-state index is 4.81. The third-order valence-electron chi connectivity index (χ3n) is 5.69. The number of nitrogens with one attached hydrogen (secondary N) is 2. The molecule has 0 spiro atoms. The summed E-state index contributed by atoms with van der Waals surface area (Å²) < 4.78 is 1.96. The summed E-state index contributed by atoms with van der Waals surface area (Å²) in [6.45, 7) is 12.8. The first-order valence-corrected chi connectivity index (χ1v) is 9.96. The van der Waals surface area contributed by atoms with Gasteiger partial charge in [0.1, 0.15) is 0 Å².